The Hall–Kier alpha value is -3.31. The van der Waals surface area contributed by atoms with Gasteiger partial charge >= 0.3 is 18.1 Å². The number of aliphatic hydroxyl groups is 1. The van der Waals surface area contributed by atoms with Crippen molar-refractivity contribution in [2.45, 2.75) is 108 Å². The van der Waals surface area contributed by atoms with Gasteiger partial charge in [-0.1, -0.05) is 6.07 Å². The minimum atomic E-state index is -1.64. The Labute approximate surface area is 246 Å². The van der Waals surface area contributed by atoms with Crippen molar-refractivity contribution in [1.29, 1.82) is 0 Å². The Morgan fingerprint density at radius 2 is 1.81 bits per heavy atom. The van der Waals surface area contributed by atoms with Gasteiger partial charge in [-0.2, -0.15) is 0 Å². The van der Waals surface area contributed by atoms with Crippen LogP contribution in [0.5, 0.6) is 11.5 Å². The molecule has 0 amide bonds. The van der Waals surface area contributed by atoms with Gasteiger partial charge < -0.3 is 38.4 Å². The van der Waals surface area contributed by atoms with E-state index in [1.807, 2.05) is 19.2 Å². The van der Waals surface area contributed by atoms with E-state index in [-0.39, 0.29) is 18.2 Å². The lowest BCUT2D eigenvalue weighted by molar-refractivity contribution is -0.175. The second kappa shape index (κ2) is 10.2. The molecule has 0 unspecified atom stereocenters. The summed E-state index contributed by atoms with van der Waals surface area (Å²) in [6.07, 6.45) is -1.11. The molecule has 1 saturated heterocycles. The number of esters is 2. The molecule has 4 aliphatic rings. The molecule has 1 fully saturated rings. The molecular weight excluding hydrogens is 546 g/mol. The minimum absolute atomic E-state index is 0.173. The number of hydrogen-bond acceptors (Lipinski definition) is 11. The summed E-state index contributed by atoms with van der Waals surface area (Å²) in [5, 5.41) is 12.4. The summed E-state index contributed by atoms with van der Waals surface area (Å²) < 4.78 is 33.9. The highest BCUT2D eigenvalue weighted by Crippen LogP contribution is 2.65. The Morgan fingerprint density at radius 1 is 1.12 bits per heavy atom. The van der Waals surface area contributed by atoms with Crippen molar-refractivity contribution in [3.05, 3.63) is 35.1 Å². The lowest BCUT2D eigenvalue weighted by Gasteiger charge is -2.61. The second-order valence-corrected chi connectivity index (χ2v) is 13.6. The van der Waals surface area contributed by atoms with Crippen LogP contribution in [0.2, 0.25) is 0 Å². The molecule has 11 heteroatoms. The van der Waals surface area contributed by atoms with Crippen LogP contribution >= 0.6 is 0 Å². The van der Waals surface area contributed by atoms with Crippen molar-refractivity contribution < 1.29 is 47.9 Å². The first-order chi connectivity index (χ1) is 19.5. The van der Waals surface area contributed by atoms with Crippen LogP contribution in [-0.4, -0.2) is 83.9 Å². The third-order valence-corrected chi connectivity index (χ3v) is 8.44. The molecule has 0 radical (unpaired) electrons. The highest BCUT2D eigenvalue weighted by atomic mass is 16.7. The zero-order chi connectivity index (χ0) is 30.8. The molecule has 1 spiro atoms. The number of hydrogen-bond donors (Lipinski definition) is 1. The fourth-order valence-corrected chi connectivity index (χ4v) is 6.87. The zero-order valence-corrected chi connectivity index (χ0v) is 25.6. The van der Waals surface area contributed by atoms with Gasteiger partial charge in [0.05, 0.1) is 24.5 Å². The van der Waals surface area contributed by atoms with Gasteiger partial charge in [0.15, 0.2) is 17.6 Å². The van der Waals surface area contributed by atoms with Gasteiger partial charge in [0.2, 0.25) is 6.10 Å². The van der Waals surface area contributed by atoms with Crippen LogP contribution in [0.25, 0.3) is 0 Å². The Balaban J connectivity index is 1.47. The maximum atomic E-state index is 13.6. The SMILES string of the molecule is COc1ccc2c3c1O[C@H]1C(OC(=O)[C@H](CC(=O)OC(C)(C)C)OC(=O)OC(C)(C)C)=CC[C@@]4(O)[C@@H](C2)N(C)CC[C@]314. The van der Waals surface area contributed by atoms with Crippen LogP contribution in [0.3, 0.4) is 0 Å². The van der Waals surface area contributed by atoms with Crippen molar-refractivity contribution in [1.82, 2.24) is 4.90 Å². The van der Waals surface area contributed by atoms with Crippen molar-refractivity contribution >= 4 is 18.1 Å². The monoisotopic (exact) mass is 587 g/mol. The quantitative estimate of drug-likeness (QED) is 0.387. The first-order valence-corrected chi connectivity index (χ1v) is 14.3. The standard InChI is InChI=1S/C31H41NO10/c1-28(2,3)41-22(33)16-20(39-27(35)42-29(4,5)6)26(34)38-19-11-12-31(36)21-15-17-9-10-18(37-8)24-23(17)30(31,25(19)40-24)13-14-32(21)7/h9-11,20-21,25,36H,12-16H2,1-8H3/t20-,21+,25-,30-,31+/m0/s1. The fourth-order valence-electron chi connectivity index (χ4n) is 6.87. The van der Waals surface area contributed by atoms with E-state index in [2.05, 4.69) is 4.90 Å². The number of nitrogens with zero attached hydrogens (tertiary/aromatic N) is 1. The van der Waals surface area contributed by atoms with Gasteiger partial charge in [-0.25, -0.2) is 9.59 Å². The third-order valence-electron chi connectivity index (χ3n) is 8.44. The molecule has 5 rings (SSSR count). The van der Waals surface area contributed by atoms with Crippen LogP contribution in [0.15, 0.2) is 24.0 Å². The molecule has 0 saturated carbocycles. The Morgan fingerprint density at radius 3 is 2.45 bits per heavy atom. The Kier molecular flexibility index (Phi) is 7.29. The number of benzene rings is 1. The van der Waals surface area contributed by atoms with Crippen LogP contribution in [0, 0.1) is 0 Å². The maximum absolute atomic E-state index is 13.6. The summed E-state index contributed by atoms with van der Waals surface area (Å²) in [5.41, 5.74) is -1.85. The maximum Gasteiger partial charge on any atom is 0.509 e. The predicted octanol–water partition coefficient (Wildman–Crippen LogP) is 3.57. The second-order valence-electron chi connectivity index (χ2n) is 13.6. The number of rotatable bonds is 6. The number of methoxy groups -OCH3 is 1. The third kappa shape index (κ3) is 5.00. The van der Waals surface area contributed by atoms with Crippen LogP contribution < -0.4 is 9.47 Å². The van der Waals surface area contributed by atoms with Gasteiger partial charge in [-0.05, 0) is 85.7 Å². The normalized spacial score (nSPS) is 28.5. The number of carbonyl (C=O) groups excluding carboxylic acids is 3. The van der Waals surface area contributed by atoms with Crippen molar-refractivity contribution in [2.75, 3.05) is 20.7 Å². The molecule has 5 atom stereocenters. The molecule has 2 aliphatic heterocycles. The summed E-state index contributed by atoms with van der Waals surface area (Å²) in [4.78, 5) is 41.0. The summed E-state index contributed by atoms with van der Waals surface area (Å²) in [6.45, 7) is 10.7. The highest BCUT2D eigenvalue weighted by molar-refractivity contribution is 5.84. The molecule has 11 nitrogen and oxygen atoms in total. The molecule has 42 heavy (non-hydrogen) atoms. The van der Waals surface area contributed by atoms with Gasteiger partial charge in [-0.3, -0.25) is 4.79 Å². The first kappa shape index (κ1) is 30.2. The minimum Gasteiger partial charge on any atom is -0.493 e. The number of piperidine rings is 1. The van der Waals surface area contributed by atoms with E-state index in [0.717, 1.165) is 11.1 Å². The highest BCUT2D eigenvalue weighted by Gasteiger charge is 2.72. The van der Waals surface area contributed by atoms with Crippen molar-refractivity contribution in [2.24, 2.45) is 0 Å². The number of likely N-dealkylation sites (tertiary alicyclic amines) is 1. The van der Waals surface area contributed by atoms with Crippen molar-refractivity contribution in [3.63, 3.8) is 0 Å². The topological polar surface area (TPSA) is 130 Å². The molecule has 1 aromatic carbocycles. The van der Waals surface area contributed by atoms with E-state index in [0.29, 0.717) is 30.9 Å². The molecule has 1 aromatic rings. The average molecular weight is 588 g/mol. The summed E-state index contributed by atoms with van der Waals surface area (Å²) in [7, 11) is 3.56. The van der Waals surface area contributed by atoms with Crippen LogP contribution in [-0.2, 0) is 40.4 Å². The molecule has 2 bridgehead atoms. The average Bonchev–Trinajstić information content (AvgIpc) is 3.21. The predicted molar refractivity (Wildman–Crippen MR) is 149 cm³/mol. The fraction of sp³-hybridized carbons (Fsp3) is 0.645. The first-order valence-electron chi connectivity index (χ1n) is 14.3. The smallest absolute Gasteiger partial charge is 0.493 e. The largest absolute Gasteiger partial charge is 0.509 e. The summed E-state index contributed by atoms with van der Waals surface area (Å²) >= 11 is 0. The molecule has 1 N–H and O–H groups in total. The van der Waals surface area contributed by atoms with Gasteiger partial charge in [0.1, 0.15) is 17.0 Å². The van der Waals surface area contributed by atoms with Crippen LogP contribution in [0.4, 0.5) is 4.79 Å². The van der Waals surface area contributed by atoms with E-state index < -0.39 is 58.9 Å². The molecule has 2 aliphatic carbocycles. The van der Waals surface area contributed by atoms with E-state index in [1.165, 1.54) is 0 Å². The molecule has 2 heterocycles. The van der Waals surface area contributed by atoms with E-state index in [9.17, 15) is 19.5 Å². The van der Waals surface area contributed by atoms with Crippen LogP contribution in [0.1, 0.15) is 71.9 Å². The van der Waals surface area contributed by atoms with Gasteiger partial charge in [0.25, 0.3) is 0 Å². The van der Waals surface area contributed by atoms with E-state index in [4.69, 9.17) is 28.4 Å². The lowest BCUT2D eigenvalue weighted by Crippen LogP contribution is -2.74. The summed E-state index contributed by atoms with van der Waals surface area (Å²) in [6, 6.07) is 3.68. The van der Waals surface area contributed by atoms with E-state index >= 15 is 0 Å². The van der Waals surface area contributed by atoms with Gasteiger partial charge in [-0.15, -0.1) is 0 Å². The number of likely N-dealkylation sites (N-methyl/N-ethyl adjacent to an activating group) is 1. The molecule has 0 aromatic heterocycles. The lowest BCUT2D eigenvalue weighted by atomic mass is 9.50. The van der Waals surface area contributed by atoms with E-state index in [1.54, 1.807) is 54.7 Å². The molecule has 230 valence electrons. The van der Waals surface area contributed by atoms with Crippen molar-refractivity contribution in [3.8, 4) is 11.5 Å². The Bertz CT molecular complexity index is 1290. The number of ether oxygens (including phenoxy) is 6. The molecular formula is C31H41NO10. The zero-order valence-electron chi connectivity index (χ0n) is 25.6. The van der Waals surface area contributed by atoms with Gasteiger partial charge in [0, 0.05) is 18.0 Å². The number of carbonyl (C=O) groups is 3. The summed E-state index contributed by atoms with van der Waals surface area (Å²) in [5.74, 6) is -0.490.